The number of ether oxygens (including phenoxy) is 1. The molecule has 1 aliphatic heterocycles. The summed E-state index contributed by atoms with van der Waals surface area (Å²) in [6, 6.07) is 6.22. The lowest BCUT2D eigenvalue weighted by Crippen LogP contribution is -2.52. The Kier molecular flexibility index (Phi) is 7.16. The van der Waals surface area contributed by atoms with Gasteiger partial charge in [0.2, 0.25) is 5.75 Å². The van der Waals surface area contributed by atoms with Gasteiger partial charge in [0, 0.05) is 56.6 Å². The molecule has 0 atom stereocenters. The van der Waals surface area contributed by atoms with Gasteiger partial charge in [0.15, 0.2) is 0 Å². The van der Waals surface area contributed by atoms with Crippen molar-refractivity contribution in [3.05, 3.63) is 76.5 Å². The first-order valence-corrected chi connectivity index (χ1v) is 13.7. The number of nitrogens with one attached hydrogen (secondary N) is 1. The van der Waals surface area contributed by atoms with Gasteiger partial charge < -0.3 is 9.64 Å². The highest BCUT2D eigenvalue weighted by Gasteiger charge is 2.39. The Labute approximate surface area is 219 Å². The molecule has 3 heterocycles. The van der Waals surface area contributed by atoms with E-state index in [9.17, 15) is 22.0 Å². The van der Waals surface area contributed by atoms with Crippen LogP contribution in [-0.4, -0.2) is 60.3 Å². The van der Waals surface area contributed by atoms with E-state index < -0.39 is 27.4 Å². The summed E-state index contributed by atoms with van der Waals surface area (Å²) in [5.41, 5.74) is 0.464. The third-order valence-corrected chi connectivity index (χ3v) is 8.36. The average molecular weight is 547 g/mol. The fourth-order valence-corrected chi connectivity index (χ4v) is 5.35. The minimum absolute atomic E-state index is 0.0184. The van der Waals surface area contributed by atoms with Gasteiger partial charge in [-0.15, -0.1) is 0 Å². The van der Waals surface area contributed by atoms with Gasteiger partial charge in [0.1, 0.15) is 17.3 Å². The number of hydrogen-bond acceptors (Lipinski definition) is 7. The Balaban J connectivity index is 1.35. The summed E-state index contributed by atoms with van der Waals surface area (Å²) < 4.78 is 64.2. The SMILES string of the molecule is CC1(COc2c(N3CCN(S(=O)(=O)NCc4ccncc4)CC3)cnn(-c3cc(F)cc(F)c3)c2=O)CC1. The molecule has 0 amide bonds. The van der Waals surface area contributed by atoms with Gasteiger partial charge in [-0.05, 0) is 42.7 Å². The molecule has 2 aliphatic rings. The Bertz CT molecular complexity index is 1450. The Morgan fingerprint density at radius 1 is 1.05 bits per heavy atom. The van der Waals surface area contributed by atoms with E-state index in [0.29, 0.717) is 31.5 Å². The minimum atomic E-state index is -3.73. The van der Waals surface area contributed by atoms with Crippen molar-refractivity contribution < 1.29 is 21.9 Å². The van der Waals surface area contributed by atoms with Crippen molar-refractivity contribution in [2.24, 2.45) is 5.41 Å². The smallest absolute Gasteiger partial charge is 0.316 e. The lowest BCUT2D eigenvalue weighted by Gasteiger charge is -2.35. The minimum Gasteiger partial charge on any atom is -0.486 e. The first kappa shape index (κ1) is 26.2. The van der Waals surface area contributed by atoms with Crippen LogP contribution in [-0.2, 0) is 16.8 Å². The third-order valence-electron chi connectivity index (χ3n) is 6.80. The molecule has 0 unspecified atom stereocenters. The molecule has 0 spiro atoms. The summed E-state index contributed by atoms with van der Waals surface area (Å²) in [5.74, 6) is -1.65. The van der Waals surface area contributed by atoms with Crippen LogP contribution in [0.15, 0.2) is 53.7 Å². The molecule has 202 valence electrons. The first-order valence-electron chi connectivity index (χ1n) is 12.2. The average Bonchev–Trinajstić information content (AvgIpc) is 3.64. The van der Waals surface area contributed by atoms with Gasteiger partial charge in [-0.25, -0.2) is 8.78 Å². The number of aromatic nitrogens is 3. The molecule has 1 aromatic carbocycles. The quantitative estimate of drug-likeness (QED) is 0.438. The summed E-state index contributed by atoms with van der Waals surface area (Å²) in [6.45, 7) is 3.46. The zero-order chi connectivity index (χ0) is 26.9. The number of hydrogen-bond donors (Lipinski definition) is 1. The van der Waals surface area contributed by atoms with Crippen LogP contribution in [0.25, 0.3) is 5.69 Å². The Morgan fingerprint density at radius 3 is 2.34 bits per heavy atom. The van der Waals surface area contributed by atoms with Crippen molar-refractivity contribution in [3.8, 4) is 11.4 Å². The molecule has 0 bridgehead atoms. The molecule has 1 saturated carbocycles. The fraction of sp³-hybridized carbons (Fsp3) is 0.400. The van der Waals surface area contributed by atoms with Crippen LogP contribution in [0.2, 0.25) is 0 Å². The van der Waals surface area contributed by atoms with E-state index >= 15 is 0 Å². The highest BCUT2D eigenvalue weighted by atomic mass is 32.2. The monoisotopic (exact) mass is 546 g/mol. The predicted molar refractivity (Wildman–Crippen MR) is 136 cm³/mol. The fourth-order valence-electron chi connectivity index (χ4n) is 4.18. The lowest BCUT2D eigenvalue weighted by atomic mass is 10.2. The van der Waals surface area contributed by atoms with Crippen molar-refractivity contribution in [2.45, 2.75) is 26.3 Å². The summed E-state index contributed by atoms with van der Waals surface area (Å²) in [7, 11) is -3.73. The molecule has 0 radical (unpaired) electrons. The number of piperazine rings is 1. The number of rotatable bonds is 9. The number of pyridine rings is 1. The molecule has 1 N–H and O–H groups in total. The van der Waals surface area contributed by atoms with E-state index in [-0.39, 0.29) is 36.5 Å². The number of nitrogens with zero attached hydrogens (tertiary/aromatic N) is 5. The van der Waals surface area contributed by atoms with E-state index in [1.807, 2.05) is 4.90 Å². The lowest BCUT2D eigenvalue weighted by molar-refractivity contribution is 0.242. The molecular formula is C25H28F2N6O4S. The van der Waals surface area contributed by atoms with E-state index in [2.05, 4.69) is 21.7 Å². The number of anilines is 1. The summed E-state index contributed by atoms with van der Waals surface area (Å²) in [5, 5.41) is 4.16. The maximum absolute atomic E-state index is 13.8. The predicted octanol–water partition coefficient (Wildman–Crippen LogP) is 2.24. The maximum Gasteiger partial charge on any atom is 0.316 e. The van der Waals surface area contributed by atoms with Crippen LogP contribution in [0.5, 0.6) is 5.75 Å². The summed E-state index contributed by atoms with van der Waals surface area (Å²) in [4.78, 5) is 19.2. The first-order chi connectivity index (χ1) is 18.1. The number of benzene rings is 1. The zero-order valence-corrected chi connectivity index (χ0v) is 21.6. The van der Waals surface area contributed by atoms with Gasteiger partial charge in [0.25, 0.3) is 10.2 Å². The molecule has 1 saturated heterocycles. The molecule has 38 heavy (non-hydrogen) atoms. The molecule has 13 heteroatoms. The van der Waals surface area contributed by atoms with Gasteiger partial charge in [-0.2, -0.15) is 27.2 Å². The van der Waals surface area contributed by atoms with E-state index in [1.165, 1.54) is 10.5 Å². The standard InChI is InChI=1S/C25H28F2N6O4S/c1-25(4-5-25)17-37-23-22(16-29-33(24(23)34)21-13-19(26)12-20(27)14-21)31-8-10-32(11-9-31)38(35,36)30-15-18-2-6-28-7-3-18/h2-3,6-7,12-14,16,30H,4-5,8-11,15,17H2,1H3. The highest BCUT2D eigenvalue weighted by Crippen LogP contribution is 2.45. The van der Waals surface area contributed by atoms with Crippen molar-refractivity contribution in [1.29, 1.82) is 0 Å². The second-order valence-corrected chi connectivity index (χ2v) is 11.6. The van der Waals surface area contributed by atoms with Crippen LogP contribution < -0.4 is 19.9 Å². The molecule has 1 aliphatic carbocycles. The molecule has 5 rings (SSSR count). The van der Waals surface area contributed by atoms with Crippen molar-refractivity contribution >= 4 is 15.9 Å². The van der Waals surface area contributed by atoms with Gasteiger partial charge in [-0.3, -0.25) is 9.78 Å². The van der Waals surface area contributed by atoms with Gasteiger partial charge in [-0.1, -0.05) is 6.92 Å². The van der Waals surface area contributed by atoms with Crippen molar-refractivity contribution in [3.63, 3.8) is 0 Å². The summed E-state index contributed by atoms with van der Waals surface area (Å²) in [6.07, 6.45) is 6.55. The Hall–Kier alpha value is -3.42. The molecular weight excluding hydrogens is 518 g/mol. The normalized spacial score (nSPS) is 17.4. The molecule has 2 fully saturated rings. The second-order valence-electron chi connectivity index (χ2n) is 9.87. The van der Waals surface area contributed by atoms with Crippen LogP contribution in [0.1, 0.15) is 25.3 Å². The van der Waals surface area contributed by atoms with Crippen molar-refractivity contribution in [1.82, 2.24) is 23.8 Å². The van der Waals surface area contributed by atoms with Crippen LogP contribution in [0.4, 0.5) is 14.5 Å². The van der Waals surface area contributed by atoms with Crippen LogP contribution >= 0.6 is 0 Å². The topological polar surface area (TPSA) is 110 Å². The van der Waals surface area contributed by atoms with Gasteiger partial charge >= 0.3 is 5.56 Å². The Morgan fingerprint density at radius 2 is 1.71 bits per heavy atom. The van der Waals surface area contributed by atoms with Gasteiger partial charge in [0.05, 0.1) is 18.5 Å². The molecule has 2 aromatic heterocycles. The van der Waals surface area contributed by atoms with E-state index in [1.54, 1.807) is 24.5 Å². The van der Waals surface area contributed by atoms with E-state index in [0.717, 1.165) is 35.2 Å². The molecule has 10 nitrogen and oxygen atoms in total. The van der Waals surface area contributed by atoms with Crippen molar-refractivity contribution in [2.75, 3.05) is 37.7 Å². The summed E-state index contributed by atoms with van der Waals surface area (Å²) >= 11 is 0. The molecule has 3 aromatic rings. The second kappa shape index (κ2) is 10.4. The zero-order valence-electron chi connectivity index (χ0n) is 20.8. The van der Waals surface area contributed by atoms with E-state index in [4.69, 9.17) is 4.74 Å². The number of halogens is 2. The largest absolute Gasteiger partial charge is 0.486 e. The third kappa shape index (κ3) is 5.84. The maximum atomic E-state index is 13.8. The van der Waals surface area contributed by atoms with Crippen LogP contribution in [0, 0.1) is 17.0 Å². The highest BCUT2D eigenvalue weighted by molar-refractivity contribution is 7.87. The van der Waals surface area contributed by atoms with Crippen LogP contribution in [0.3, 0.4) is 0 Å².